The van der Waals surface area contributed by atoms with E-state index in [4.69, 9.17) is 8.83 Å². The van der Waals surface area contributed by atoms with Crippen molar-refractivity contribution >= 4 is 43.9 Å². The summed E-state index contributed by atoms with van der Waals surface area (Å²) in [5.74, 6) is 0. The molecule has 6 aromatic carbocycles. The molecule has 2 aromatic heterocycles. The molecule has 0 amide bonds. The van der Waals surface area contributed by atoms with Gasteiger partial charge >= 0.3 is 0 Å². The number of rotatable bonds is 3. The first kappa shape index (κ1) is 21.0. The molecule has 0 aliphatic heterocycles. The average Bonchev–Trinajstić information content (AvgIpc) is 3.54. The van der Waals surface area contributed by atoms with Crippen LogP contribution in [0.3, 0.4) is 0 Å². The van der Waals surface area contributed by atoms with Crippen molar-refractivity contribution in [1.29, 1.82) is 0 Å². The molecule has 0 aliphatic rings. The molecule has 2 nitrogen and oxygen atoms in total. The van der Waals surface area contributed by atoms with Gasteiger partial charge in [-0.1, -0.05) is 109 Å². The molecule has 0 radical (unpaired) electrons. The fourth-order valence-corrected chi connectivity index (χ4v) is 5.59. The fraction of sp³-hybridized carbons (Fsp3) is 0. The minimum Gasteiger partial charge on any atom is -0.456 e. The summed E-state index contributed by atoms with van der Waals surface area (Å²) < 4.78 is 12.7. The van der Waals surface area contributed by atoms with Gasteiger partial charge in [0, 0.05) is 27.1 Å². The van der Waals surface area contributed by atoms with Crippen LogP contribution in [0.4, 0.5) is 0 Å². The van der Waals surface area contributed by atoms with Crippen LogP contribution in [0.1, 0.15) is 0 Å². The van der Waals surface area contributed by atoms with Crippen LogP contribution in [-0.2, 0) is 0 Å². The first-order chi connectivity index (χ1) is 18.8. The Labute approximate surface area is 219 Å². The van der Waals surface area contributed by atoms with Crippen molar-refractivity contribution in [3.63, 3.8) is 0 Å². The van der Waals surface area contributed by atoms with Gasteiger partial charge in [0.25, 0.3) is 0 Å². The highest BCUT2D eigenvalue weighted by Crippen LogP contribution is 2.40. The number of fused-ring (bicyclic) bond motifs is 6. The van der Waals surface area contributed by atoms with E-state index in [0.29, 0.717) is 0 Å². The Morgan fingerprint density at radius 2 is 0.895 bits per heavy atom. The summed E-state index contributed by atoms with van der Waals surface area (Å²) in [7, 11) is 0. The summed E-state index contributed by atoms with van der Waals surface area (Å²) in [6.45, 7) is 0. The van der Waals surface area contributed by atoms with Gasteiger partial charge in [-0.05, 0) is 52.1 Å². The Kier molecular flexibility index (Phi) is 4.55. The number of hydrogen-bond donors (Lipinski definition) is 0. The Morgan fingerprint density at radius 1 is 0.316 bits per heavy atom. The summed E-state index contributed by atoms with van der Waals surface area (Å²) in [4.78, 5) is 0. The first-order valence-electron chi connectivity index (χ1n) is 12.8. The maximum atomic E-state index is 6.53. The quantitative estimate of drug-likeness (QED) is 0.248. The van der Waals surface area contributed by atoms with E-state index in [2.05, 4.69) is 109 Å². The molecule has 0 atom stereocenters. The van der Waals surface area contributed by atoms with Gasteiger partial charge in [0.15, 0.2) is 0 Å². The van der Waals surface area contributed by atoms with Crippen molar-refractivity contribution < 1.29 is 8.83 Å². The topological polar surface area (TPSA) is 26.3 Å². The van der Waals surface area contributed by atoms with Gasteiger partial charge in [-0.3, -0.25) is 0 Å². The van der Waals surface area contributed by atoms with E-state index in [1.54, 1.807) is 0 Å². The van der Waals surface area contributed by atoms with E-state index in [9.17, 15) is 0 Å². The predicted molar refractivity (Wildman–Crippen MR) is 157 cm³/mol. The van der Waals surface area contributed by atoms with Crippen molar-refractivity contribution in [1.82, 2.24) is 0 Å². The zero-order valence-electron chi connectivity index (χ0n) is 20.5. The van der Waals surface area contributed by atoms with Crippen molar-refractivity contribution in [2.24, 2.45) is 0 Å². The molecular weight excluding hydrogens is 464 g/mol. The molecule has 0 aliphatic carbocycles. The number of furan rings is 2. The second-order valence-corrected chi connectivity index (χ2v) is 9.75. The molecule has 0 spiro atoms. The second kappa shape index (κ2) is 8.22. The maximum Gasteiger partial charge on any atom is 0.143 e. The van der Waals surface area contributed by atoms with Crippen molar-refractivity contribution in [2.45, 2.75) is 0 Å². The van der Waals surface area contributed by atoms with Crippen LogP contribution < -0.4 is 0 Å². The molecule has 0 saturated heterocycles. The monoisotopic (exact) mass is 486 g/mol. The van der Waals surface area contributed by atoms with E-state index >= 15 is 0 Å². The second-order valence-electron chi connectivity index (χ2n) is 9.75. The Hall–Kier alpha value is -5.08. The van der Waals surface area contributed by atoms with E-state index < -0.39 is 0 Å². The summed E-state index contributed by atoms with van der Waals surface area (Å²) in [5.41, 5.74) is 10.6. The van der Waals surface area contributed by atoms with Crippen LogP contribution in [0.15, 0.2) is 142 Å². The van der Waals surface area contributed by atoms with Gasteiger partial charge in [0.05, 0.1) is 0 Å². The van der Waals surface area contributed by atoms with Gasteiger partial charge in [-0.15, -0.1) is 0 Å². The van der Waals surface area contributed by atoms with Gasteiger partial charge < -0.3 is 8.83 Å². The molecule has 8 rings (SSSR count). The third kappa shape index (κ3) is 3.28. The zero-order valence-corrected chi connectivity index (χ0v) is 20.5. The molecule has 8 aromatic rings. The summed E-state index contributed by atoms with van der Waals surface area (Å²) in [5, 5.41) is 4.35. The van der Waals surface area contributed by atoms with Crippen LogP contribution in [0.2, 0.25) is 0 Å². The largest absolute Gasteiger partial charge is 0.456 e. The van der Waals surface area contributed by atoms with E-state index in [-0.39, 0.29) is 0 Å². The highest BCUT2D eigenvalue weighted by molar-refractivity contribution is 6.16. The smallest absolute Gasteiger partial charge is 0.143 e. The summed E-state index contributed by atoms with van der Waals surface area (Å²) in [6.07, 6.45) is 0. The molecule has 0 bridgehead atoms. The van der Waals surface area contributed by atoms with E-state index in [0.717, 1.165) is 55.0 Å². The third-order valence-electron chi connectivity index (χ3n) is 7.50. The lowest BCUT2D eigenvalue weighted by Gasteiger charge is -2.08. The number of para-hydroxylation sites is 2. The van der Waals surface area contributed by atoms with Gasteiger partial charge in [0.1, 0.15) is 22.3 Å². The summed E-state index contributed by atoms with van der Waals surface area (Å²) in [6, 6.07) is 46.7. The van der Waals surface area contributed by atoms with Crippen molar-refractivity contribution in [2.75, 3.05) is 0 Å². The molecule has 0 N–H and O–H groups in total. The van der Waals surface area contributed by atoms with Crippen LogP contribution >= 0.6 is 0 Å². The maximum absolute atomic E-state index is 6.53. The minimum atomic E-state index is 0.874. The normalized spacial score (nSPS) is 11.7. The van der Waals surface area contributed by atoms with Gasteiger partial charge in [-0.25, -0.2) is 0 Å². The first-order valence-corrected chi connectivity index (χ1v) is 12.8. The lowest BCUT2D eigenvalue weighted by atomic mass is 9.96. The van der Waals surface area contributed by atoms with Gasteiger partial charge in [0.2, 0.25) is 0 Å². The number of benzene rings is 6. The fourth-order valence-electron chi connectivity index (χ4n) is 5.59. The lowest BCUT2D eigenvalue weighted by Crippen LogP contribution is -1.83. The highest BCUT2D eigenvalue weighted by Gasteiger charge is 2.16. The summed E-state index contributed by atoms with van der Waals surface area (Å²) >= 11 is 0. The molecule has 0 unspecified atom stereocenters. The Bertz CT molecular complexity index is 2110. The van der Waals surface area contributed by atoms with E-state index in [1.165, 1.54) is 22.3 Å². The SMILES string of the molecule is c1ccc(-c2ccc(-c3cccc(-c4cccc5c4oc4cc6c(cc45)oc4ccccc46)c3)cc2)cc1. The molecule has 2 heterocycles. The predicted octanol–water partition coefficient (Wildman–Crippen LogP) is 10.5. The van der Waals surface area contributed by atoms with E-state index in [1.807, 2.05) is 24.3 Å². The third-order valence-corrected chi connectivity index (χ3v) is 7.50. The lowest BCUT2D eigenvalue weighted by molar-refractivity contribution is 0.664. The standard InChI is InChI=1S/C36H22O2/c1-2-8-23(9-3-1)24-16-18-25(19-17-24)26-10-6-11-27(20-26)28-13-7-14-30-32-22-34-31(21-35(32)38-36(28)30)29-12-4-5-15-33(29)37-34/h1-22H. The van der Waals surface area contributed by atoms with Crippen molar-refractivity contribution in [3.05, 3.63) is 133 Å². The van der Waals surface area contributed by atoms with Crippen LogP contribution in [-0.4, -0.2) is 0 Å². The van der Waals surface area contributed by atoms with Gasteiger partial charge in [-0.2, -0.15) is 0 Å². The Morgan fingerprint density at radius 3 is 1.74 bits per heavy atom. The van der Waals surface area contributed by atoms with Crippen LogP contribution in [0, 0.1) is 0 Å². The molecule has 0 saturated carbocycles. The zero-order chi connectivity index (χ0) is 25.1. The highest BCUT2D eigenvalue weighted by atomic mass is 16.3. The average molecular weight is 487 g/mol. The number of hydrogen-bond acceptors (Lipinski definition) is 2. The minimum absolute atomic E-state index is 0.874. The molecule has 38 heavy (non-hydrogen) atoms. The molecule has 2 heteroatoms. The van der Waals surface area contributed by atoms with Crippen molar-refractivity contribution in [3.8, 4) is 33.4 Å². The van der Waals surface area contributed by atoms with Crippen LogP contribution in [0.5, 0.6) is 0 Å². The Balaban J connectivity index is 1.24. The van der Waals surface area contributed by atoms with Crippen LogP contribution in [0.25, 0.3) is 77.3 Å². The molecule has 178 valence electrons. The molecular formula is C36H22O2. The molecule has 0 fully saturated rings.